The Morgan fingerprint density at radius 3 is 2.11 bits per heavy atom. The molecule has 1 aromatic carbocycles. The second kappa shape index (κ2) is 4.38. The summed E-state index contributed by atoms with van der Waals surface area (Å²) < 4.78 is 0. The van der Waals surface area contributed by atoms with Gasteiger partial charge in [0.05, 0.1) is 0 Å². The zero-order valence-corrected chi connectivity index (χ0v) is 10.6. The highest BCUT2D eigenvalue weighted by atomic mass is 35.5. The van der Waals surface area contributed by atoms with Crippen LogP contribution in [0.3, 0.4) is 0 Å². The standard InChI is InChI=1S/C13H10ClNO3/c1-7(16)15(2)11-10(14)12(17)8-5-3-4-6-9(8)13(11)18/h3-6H,1-2H3. The van der Waals surface area contributed by atoms with Crippen LogP contribution in [0.15, 0.2) is 35.0 Å². The Morgan fingerprint density at radius 1 is 1.11 bits per heavy atom. The molecule has 18 heavy (non-hydrogen) atoms. The molecule has 0 saturated heterocycles. The van der Waals surface area contributed by atoms with Crippen molar-refractivity contribution in [2.45, 2.75) is 6.92 Å². The van der Waals surface area contributed by atoms with E-state index in [2.05, 4.69) is 0 Å². The first-order chi connectivity index (χ1) is 8.45. The zero-order chi connectivity index (χ0) is 13.4. The Bertz CT molecular complexity index is 604. The molecule has 0 spiro atoms. The molecule has 1 aliphatic rings. The molecule has 1 aliphatic carbocycles. The van der Waals surface area contributed by atoms with E-state index in [1.54, 1.807) is 24.3 Å². The predicted molar refractivity (Wildman–Crippen MR) is 66.4 cm³/mol. The van der Waals surface area contributed by atoms with Crippen LogP contribution in [0.5, 0.6) is 0 Å². The molecule has 0 saturated carbocycles. The van der Waals surface area contributed by atoms with E-state index in [0.717, 1.165) is 4.90 Å². The average Bonchev–Trinajstić information content (AvgIpc) is 2.36. The highest BCUT2D eigenvalue weighted by Gasteiger charge is 2.34. The van der Waals surface area contributed by atoms with Gasteiger partial charge in [-0.3, -0.25) is 14.4 Å². The minimum absolute atomic E-state index is 0.0622. The number of halogens is 1. The van der Waals surface area contributed by atoms with Gasteiger partial charge in [0.25, 0.3) is 0 Å². The van der Waals surface area contributed by atoms with Gasteiger partial charge in [-0.25, -0.2) is 0 Å². The SMILES string of the molecule is CC(=O)N(C)C1=C(Cl)C(=O)c2ccccc2C1=O. The van der Waals surface area contributed by atoms with Crippen LogP contribution in [0, 0.1) is 0 Å². The van der Waals surface area contributed by atoms with Crippen LogP contribution in [-0.4, -0.2) is 29.4 Å². The summed E-state index contributed by atoms with van der Waals surface area (Å²) in [7, 11) is 1.42. The van der Waals surface area contributed by atoms with Gasteiger partial charge in [-0.05, 0) is 0 Å². The fourth-order valence-corrected chi connectivity index (χ4v) is 2.10. The van der Waals surface area contributed by atoms with Crippen molar-refractivity contribution in [2.24, 2.45) is 0 Å². The third-order valence-corrected chi connectivity index (χ3v) is 3.20. The topological polar surface area (TPSA) is 54.5 Å². The molecule has 0 aromatic heterocycles. The van der Waals surface area contributed by atoms with E-state index in [-0.39, 0.29) is 27.8 Å². The quantitative estimate of drug-likeness (QED) is 0.779. The number of hydrogen-bond donors (Lipinski definition) is 0. The Hall–Kier alpha value is -1.94. The molecular formula is C13H10ClNO3. The lowest BCUT2D eigenvalue weighted by Gasteiger charge is -2.23. The van der Waals surface area contributed by atoms with Crippen LogP contribution < -0.4 is 0 Å². The summed E-state index contributed by atoms with van der Waals surface area (Å²) in [5, 5.41) is -0.212. The number of allylic oxidation sites excluding steroid dienone is 2. The van der Waals surface area contributed by atoms with E-state index >= 15 is 0 Å². The molecule has 4 nitrogen and oxygen atoms in total. The molecule has 92 valence electrons. The molecule has 1 aromatic rings. The van der Waals surface area contributed by atoms with E-state index in [1.807, 2.05) is 0 Å². The summed E-state index contributed by atoms with van der Waals surface area (Å²) in [6.07, 6.45) is 0. The van der Waals surface area contributed by atoms with Gasteiger partial charge in [-0.1, -0.05) is 35.9 Å². The number of ketones is 2. The molecule has 0 heterocycles. The van der Waals surface area contributed by atoms with Crippen molar-refractivity contribution >= 4 is 29.1 Å². The lowest BCUT2D eigenvalue weighted by Crippen LogP contribution is -2.33. The van der Waals surface area contributed by atoms with Gasteiger partial charge >= 0.3 is 0 Å². The monoisotopic (exact) mass is 263 g/mol. The fourth-order valence-electron chi connectivity index (χ4n) is 1.79. The maximum Gasteiger partial charge on any atom is 0.223 e. The Labute approximate surface area is 109 Å². The minimum Gasteiger partial charge on any atom is -0.311 e. The molecule has 0 N–H and O–H groups in total. The van der Waals surface area contributed by atoms with Crippen LogP contribution in [-0.2, 0) is 4.79 Å². The number of fused-ring (bicyclic) bond motifs is 1. The summed E-state index contributed by atoms with van der Waals surface area (Å²) >= 11 is 5.91. The maximum atomic E-state index is 12.2. The van der Waals surface area contributed by atoms with Gasteiger partial charge in [0, 0.05) is 25.1 Å². The number of likely N-dealkylation sites (N-methyl/N-ethyl adjacent to an activating group) is 1. The molecule has 0 radical (unpaired) electrons. The molecule has 2 rings (SSSR count). The van der Waals surface area contributed by atoms with Gasteiger partial charge in [-0.15, -0.1) is 0 Å². The highest BCUT2D eigenvalue weighted by molar-refractivity contribution is 6.50. The third-order valence-electron chi connectivity index (χ3n) is 2.85. The Morgan fingerprint density at radius 2 is 1.61 bits per heavy atom. The first-order valence-electron chi connectivity index (χ1n) is 5.27. The van der Waals surface area contributed by atoms with Crippen LogP contribution in [0.2, 0.25) is 0 Å². The number of Topliss-reactive ketones (excluding diaryl/α,β-unsaturated/α-hetero) is 2. The van der Waals surface area contributed by atoms with Crippen molar-refractivity contribution in [2.75, 3.05) is 7.05 Å². The fraction of sp³-hybridized carbons (Fsp3) is 0.154. The third kappa shape index (κ3) is 1.75. The van der Waals surface area contributed by atoms with E-state index in [0.29, 0.717) is 0 Å². The lowest BCUT2D eigenvalue weighted by atomic mass is 9.92. The molecule has 0 bridgehead atoms. The summed E-state index contributed by atoms with van der Waals surface area (Å²) in [5.41, 5.74) is 0.482. The van der Waals surface area contributed by atoms with Crippen molar-refractivity contribution in [3.63, 3.8) is 0 Å². The summed E-state index contributed by atoms with van der Waals surface area (Å²) in [6, 6.07) is 6.41. The van der Waals surface area contributed by atoms with Gasteiger partial charge in [0.1, 0.15) is 10.7 Å². The number of carbonyl (C=O) groups excluding carboxylic acids is 3. The maximum absolute atomic E-state index is 12.2. The van der Waals surface area contributed by atoms with Gasteiger partial charge in [0.15, 0.2) is 0 Å². The second-order valence-corrected chi connectivity index (χ2v) is 4.32. The molecule has 0 atom stereocenters. The summed E-state index contributed by atoms with van der Waals surface area (Å²) in [6.45, 7) is 1.30. The number of carbonyl (C=O) groups is 3. The largest absolute Gasteiger partial charge is 0.311 e. The van der Waals surface area contributed by atoms with Crippen LogP contribution in [0.1, 0.15) is 27.6 Å². The number of benzene rings is 1. The molecule has 0 unspecified atom stereocenters. The van der Waals surface area contributed by atoms with E-state index < -0.39 is 11.6 Å². The summed E-state index contributed by atoms with van der Waals surface area (Å²) in [4.78, 5) is 36.7. The average molecular weight is 264 g/mol. The van der Waals surface area contributed by atoms with E-state index in [1.165, 1.54) is 14.0 Å². The van der Waals surface area contributed by atoms with Crippen molar-refractivity contribution in [3.8, 4) is 0 Å². The summed E-state index contributed by atoms with van der Waals surface area (Å²) in [5.74, 6) is -1.20. The van der Waals surface area contributed by atoms with Crippen molar-refractivity contribution < 1.29 is 14.4 Å². The predicted octanol–water partition coefficient (Wildman–Crippen LogP) is 1.99. The van der Waals surface area contributed by atoms with Crippen LogP contribution in [0.4, 0.5) is 0 Å². The molecule has 0 fully saturated rings. The minimum atomic E-state index is -0.435. The van der Waals surface area contributed by atoms with Gasteiger partial charge in [0.2, 0.25) is 17.5 Å². The smallest absolute Gasteiger partial charge is 0.223 e. The van der Waals surface area contributed by atoms with Crippen LogP contribution in [0.25, 0.3) is 0 Å². The van der Waals surface area contributed by atoms with Crippen molar-refractivity contribution in [3.05, 3.63) is 46.1 Å². The van der Waals surface area contributed by atoms with Gasteiger partial charge in [-0.2, -0.15) is 0 Å². The van der Waals surface area contributed by atoms with Gasteiger partial charge < -0.3 is 4.90 Å². The lowest BCUT2D eigenvalue weighted by molar-refractivity contribution is -0.125. The molecule has 0 aliphatic heterocycles. The molecular weight excluding hydrogens is 254 g/mol. The van der Waals surface area contributed by atoms with Crippen molar-refractivity contribution in [1.82, 2.24) is 4.90 Å². The number of nitrogens with zero attached hydrogens (tertiary/aromatic N) is 1. The van der Waals surface area contributed by atoms with Crippen LogP contribution >= 0.6 is 11.6 Å². The number of hydrogen-bond acceptors (Lipinski definition) is 3. The second-order valence-electron chi connectivity index (χ2n) is 3.94. The first-order valence-corrected chi connectivity index (χ1v) is 5.65. The Kier molecular flexibility index (Phi) is 3.05. The molecule has 5 heteroatoms. The normalized spacial score (nSPS) is 14.6. The first kappa shape index (κ1) is 12.5. The van der Waals surface area contributed by atoms with Crippen molar-refractivity contribution in [1.29, 1.82) is 0 Å². The number of amides is 1. The number of rotatable bonds is 1. The van der Waals surface area contributed by atoms with E-state index in [4.69, 9.17) is 11.6 Å². The molecule has 1 amide bonds. The Balaban J connectivity index is 2.64. The zero-order valence-electron chi connectivity index (χ0n) is 9.86. The highest BCUT2D eigenvalue weighted by Crippen LogP contribution is 2.29. The van der Waals surface area contributed by atoms with E-state index in [9.17, 15) is 14.4 Å².